The normalized spacial score (nSPS) is 13.3. The Morgan fingerprint density at radius 3 is 2.47 bits per heavy atom. The van der Waals surface area contributed by atoms with E-state index in [2.05, 4.69) is 11.7 Å². The van der Waals surface area contributed by atoms with E-state index in [-0.39, 0.29) is 17.9 Å². The first-order chi connectivity index (χ1) is 8.81. The predicted molar refractivity (Wildman–Crippen MR) is 65.1 cm³/mol. The van der Waals surface area contributed by atoms with Gasteiger partial charge >= 0.3 is 6.18 Å². The summed E-state index contributed by atoms with van der Waals surface area (Å²) in [5, 5.41) is 12.6. The summed E-state index contributed by atoms with van der Waals surface area (Å²) >= 11 is 0. The molecule has 0 aliphatic heterocycles. The van der Waals surface area contributed by atoms with Crippen LogP contribution >= 0.6 is 0 Å². The fraction of sp³-hybridized carbons (Fsp3) is 0.308. The Morgan fingerprint density at radius 2 is 2.05 bits per heavy atom. The van der Waals surface area contributed by atoms with Gasteiger partial charge in [0.25, 0.3) is 0 Å². The SMILES string of the molecule is C=C(/C=C\C(=C/C)C(F)(F)F)c1noc(CO)c1C. The predicted octanol–water partition coefficient (Wildman–Crippen LogP) is 3.55. The minimum absolute atomic E-state index is 0.270. The highest BCUT2D eigenvalue weighted by Crippen LogP contribution is 2.28. The number of nitrogens with zero attached hydrogens (tertiary/aromatic N) is 1. The van der Waals surface area contributed by atoms with Crippen molar-refractivity contribution in [2.24, 2.45) is 0 Å². The molecular weight excluding hydrogens is 259 g/mol. The highest BCUT2D eigenvalue weighted by atomic mass is 19.4. The molecule has 1 aromatic rings. The number of aromatic nitrogens is 1. The van der Waals surface area contributed by atoms with Gasteiger partial charge in [-0.15, -0.1) is 0 Å². The van der Waals surface area contributed by atoms with E-state index in [0.29, 0.717) is 11.3 Å². The van der Waals surface area contributed by atoms with Crippen LogP contribution in [0, 0.1) is 6.92 Å². The number of aliphatic hydroxyl groups is 1. The monoisotopic (exact) mass is 273 g/mol. The molecule has 0 aliphatic rings. The van der Waals surface area contributed by atoms with Crippen LogP contribution in [0.15, 0.2) is 34.9 Å². The van der Waals surface area contributed by atoms with E-state index in [4.69, 9.17) is 9.63 Å². The molecule has 19 heavy (non-hydrogen) atoms. The summed E-state index contributed by atoms with van der Waals surface area (Å²) in [5.41, 5.74) is 0.408. The lowest BCUT2D eigenvalue weighted by Crippen LogP contribution is -2.09. The Kier molecular flexibility index (Phi) is 4.72. The number of aliphatic hydroxyl groups excluding tert-OH is 1. The average molecular weight is 273 g/mol. The summed E-state index contributed by atoms with van der Waals surface area (Å²) in [4.78, 5) is 0. The lowest BCUT2D eigenvalue weighted by Gasteiger charge is -2.06. The minimum atomic E-state index is -4.40. The summed E-state index contributed by atoms with van der Waals surface area (Å²) < 4.78 is 42.3. The molecule has 0 fully saturated rings. The number of allylic oxidation sites excluding steroid dienone is 5. The molecule has 1 aromatic heterocycles. The van der Waals surface area contributed by atoms with Gasteiger partial charge in [0.15, 0.2) is 5.76 Å². The summed E-state index contributed by atoms with van der Waals surface area (Å²) in [6.07, 6.45) is -1.29. The van der Waals surface area contributed by atoms with E-state index in [1.807, 2.05) is 0 Å². The average Bonchev–Trinajstić information content (AvgIpc) is 2.69. The van der Waals surface area contributed by atoms with E-state index in [0.717, 1.165) is 12.2 Å². The smallest absolute Gasteiger partial charge is 0.388 e. The molecule has 104 valence electrons. The van der Waals surface area contributed by atoms with E-state index in [9.17, 15) is 13.2 Å². The molecule has 0 radical (unpaired) electrons. The van der Waals surface area contributed by atoms with Crippen LogP contribution in [-0.4, -0.2) is 16.4 Å². The third-order valence-corrected chi connectivity index (χ3v) is 2.57. The molecule has 0 unspecified atom stereocenters. The summed E-state index contributed by atoms with van der Waals surface area (Å²) in [7, 11) is 0. The Balaban J connectivity index is 2.94. The molecule has 0 bridgehead atoms. The molecule has 1 heterocycles. The lowest BCUT2D eigenvalue weighted by atomic mass is 10.1. The zero-order chi connectivity index (χ0) is 14.6. The van der Waals surface area contributed by atoms with Gasteiger partial charge in [-0.05, 0) is 25.5 Å². The number of halogens is 3. The zero-order valence-corrected chi connectivity index (χ0v) is 10.6. The van der Waals surface area contributed by atoms with E-state index in [1.165, 1.54) is 13.0 Å². The van der Waals surface area contributed by atoms with Gasteiger partial charge in [-0.25, -0.2) is 0 Å². The molecular formula is C13H14F3NO2. The van der Waals surface area contributed by atoms with Crippen molar-refractivity contribution >= 4 is 5.57 Å². The first kappa shape index (κ1) is 15.2. The van der Waals surface area contributed by atoms with Gasteiger partial charge in [0, 0.05) is 5.56 Å². The second-order valence-electron chi connectivity index (χ2n) is 3.84. The van der Waals surface area contributed by atoms with Crippen molar-refractivity contribution in [3.63, 3.8) is 0 Å². The molecule has 6 heteroatoms. The fourth-order valence-electron chi connectivity index (χ4n) is 1.44. The van der Waals surface area contributed by atoms with Crippen molar-refractivity contribution < 1.29 is 22.8 Å². The van der Waals surface area contributed by atoms with Crippen molar-refractivity contribution in [2.75, 3.05) is 0 Å². The maximum atomic E-state index is 12.5. The van der Waals surface area contributed by atoms with Gasteiger partial charge in [-0.3, -0.25) is 0 Å². The molecule has 0 aromatic carbocycles. The van der Waals surface area contributed by atoms with Gasteiger partial charge in [-0.1, -0.05) is 23.9 Å². The van der Waals surface area contributed by atoms with Crippen LogP contribution in [0.5, 0.6) is 0 Å². The van der Waals surface area contributed by atoms with Gasteiger partial charge in [-0.2, -0.15) is 13.2 Å². The molecule has 0 saturated heterocycles. The largest absolute Gasteiger partial charge is 0.416 e. The first-order valence-electron chi connectivity index (χ1n) is 5.48. The van der Waals surface area contributed by atoms with Crippen LogP contribution in [0.2, 0.25) is 0 Å². The second-order valence-corrected chi connectivity index (χ2v) is 3.84. The maximum Gasteiger partial charge on any atom is 0.416 e. The maximum absolute atomic E-state index is 12.5. The van der Waals surface area contributed by atoms with E-state index >= 15 is 0 Å². The zero-order valence-electron chi connectivity index (χ0n) is 10.6. The third-order valence-electron chi connectivity index (χ3n) is 2.57. The molecule has 0 amide bonds. The Morgan fingerprint density at radius 1 is 1.42 bits per heavy atom. The molecule has 0 spiro atoms. The topological polar surface area (TPSA) is 46.3 Å². The summed E-state index contributed by atoms with van der Waals surface area (Å²) in [6, 6.07) is 0. The van der Waals surface area contributed by atoms with Gasteiger partial charge in [0.05, 0.1) is 5.57 Å². The van der Waals surface area contributed by atoms with Crippen molar-refractivity contribution in [2.45, 2.75) is 26.6 Å². The second kappa shape index (κ2) is 5.88. The Labute approximate surface area is 108 Å². The Bertz CT molecular complexity index is 524. The van der Waals surface area contributed by atoms with Crippen LogP contribution in [-0.2, 0) is 6.61 Å². The number of hydrogen-bond acceptors (Lipinski definition) is 3. The van der Waals surface area contributed by atoms with Gasteiger partial charge in [0.1, 0.15) is 12.3 Å². The number of hydrogen-bond donors (Lipinski definition) is 1. The van der Waals surface area contributed by atoms with Crippen LogP contribution in [0.4, 0.5) is 13.2 Å². The van der Waals surface area contributed by atoms with Crippen LogP contribution in [0.25, 0.3) is 5.57 Å². The quantitative estimate of drug-likeness (QED) is 0.853. The summed E-state index contributed by atoms with van der Waals surface area (Å²) in [5.74, 6) is 0.270. The highest BCUT2D eigenvalue weighted by Gasteiger charge is 2.30. The van der Waals surface area contributed by atoms with Gasteiger partial charge in [0.2, 0.25) is 0 Å². The fourth-order valence-corrected chi connectivity index (χ4v) is 1.44. The van der Waals surface area contributed by atoms with Crippen LogP contribution in [0.3, 0.4) is 0 Å². The third kappa shape index (κ3) is 3.57. The van der Waals surface area contributed by atoms with Crippen LogP contribution < -0.4 is 0 Å². The van der Waals surface area contributed by atoms with Crippen LogP contribution in [0.1, 0.15) is 23.9 Å². The minimum Gasteiger partial charge on any atom is -0.388 e. The Hall–Kier alpha value is -1.82. The van der Waals surface area contributed by atoms with Crippen molar-refractivity contribution in [3.05, 3.63) is 47.4 Å². The number of rotatable bonds is 4. The van der Waals surface area contributed by atoms with Gasteiger partial charge < -0.3 is 9.63 Å². The van der Waals surface area contributed by atoms with E-state index < -0.39 is 11.7 Å². The van der Waals surface area contributed by atoms with Crippen molar-refractivity contribution in [1.82, 2.24) is 5.16 Å². The van der Waals surface area contributed by atoms with E-state index in [1.54, 1.807) is 6.92 Å². The summed E-state index contributed by atoms with van der Waals surface area (Å²) in [6.45, 7) is 6.27. The molecule has 3 nitrogen and oxygen atoms in total. The molecule has 1 rings (SSSR count). The number of alkyl halides is 3. The lowest BCUT2D eigenvalue weighted by molar-refractivity contribution is -0.0883. The molecule has 1 N–H and O–H groups in total. The highest BCUT2D eigenvalue weighted by molar-refractivity contribution is 5.72. The van der Waals surface area contributed by atoms with Crippen molar-refractivity contribution in [3.8, 4) is 0 Å². The van der Waals surface area contributed by atoms with Crippen molar-refractivity contribution in [1.29, 1.82) is 0 Å². The molecule has 0 aliphatic carbocycles. The standard InChI is InChI=1S/C13H14F3NO2/c1-4-10(13(14,15)16)6-5-8(2)12-9(3)11(7-18)19-17-12/h4-6,18H,2,7H2,1,3H3/b6-5-,10-4+. The first-order valence-corrected chi connectivity index (χ1v) is 5.48. The molecule has 0 saturated carbocycles. The molecule has 0 atom stereocenters.